The van der Waals surface area contributed by atoms with Crippen LogP contribution in [-0.4, -0.2) is 34.8 Å². The molecule has 0 aromatic carbocycles. The third kappa shape index (κ3) is 2.04. The van der Waals surface area contributed by atoms with Crippen LogP contribution in [0.25, 0.3) is 0 Å². The van der Waals surface area contributed by atoms with E-state index in [4.69, 9.17) is 0 Å². The molecule has 4 heteroatoms. The minimum atomic E-state index is -0.676. The van der Waals surface area contributed by atoms with Crippen LogP contribution in [0.1, 0.15) is 40.0 Å². The minimum absolute atomic E-state index is 0.00370. The van der Waals surface area contributed by atoms with Gasteiger partial charge in [-0.1, -0.05) is 19.1 Å². The van der Waals surface area contributed by atoms with Crippen molar-refractivity contribution in [2.75, 3.05) is 6.54 Å². The van der Waals surface area contributed by atoms with Gasteiger partial charge in [-0.2, -0.15) is 0 Å². The Balaban J connectivity index is 2.25. The Labute approximate surface area is 108 Å². The van der Waals surface area contributed by atoms with Crippen molar-refractivity contribution in [3.63, 3.8) is 0 Å². The van der Waals surface area contributed by atoms with Crippen molar-refractivity contribution in [2.24, 2.45) is 5.92 Å². The van der Waals surface area contributed by atoms with E-state index in [-0.39, 0.29) is 17.9 Å². The van der Waals surface area contributed by atoms with Crippen LogP contribution in [-0.2, 0) is 9.59 Å². The maximum Gasteiger partial charge on any atom is 0.249 e. The molecule has 0 radical (unpaired) electrons. The summed E-state index contributed by atoms with van der Waals surface area (Å²) in [5.41, 5.74) is -0.676. The van der Waals surface area contributed by atoms with Gasteiger partial charge in [-0.3, -0.25) is 9.59 Å². The molecule has 2 amide bonds. The number of amides is 2. The Morgan fingerprint density at radius 2 is 2.11 bits per heavy atom. The lowest BCUT2D eigenvalue weighted by Crippen LogP contribution is -2.70. The number of rotatable bonds is 4. The van der Waals surface area contributed by atoms with Crippen LogP contribution in [0.5, 0.6) is 0 Å². The predicted octanol–water partition coefficient (Wildman–Crippen LogP) is 1.47. The van der Waals surface area contributed by atoms with E-state index in [1.165, 1.54) is 0 Å². The SMILES string of the molecule is C/C=C/CN1C(=O)C(C)(C2CC2)NC(=O)C1CC. The van der Waals surface area contributed by atoms with Crippen LogP contribution < -0.4 is 5.32 Å². The molecule has 2 rings (SSSR count). The Morgan fingerprint density at radius 1 is 1.44 bits per heavy atom. The van der Waals surface area contributed by atoms with Crippen LogP contribution >= 0.6 is 0 Å². The van der Waals surface area contributed by atoms with Gasteiger partial charge < -0.3 is 10.2 Å². The first-order valence-electron chi connectivity index (χ1n) is 6.78. The van der Waals surface area contributed by atoms with Gasteiger partial charge in [0.2, 0.25) is 11.8 Å². The van der Waals surface area contributed by atoms with Gasteiger partial charge in [-0.25, -0.2) is 0 Å². The minimum Gasteiger partial charge on any atom is -0.340 e. The molecule has 1 N–H and O–H groups in total. The molecule has 100 valence electrons. The van der Waals surface area contributed by atoms with Gasteiger partial charge in [0.05, 0.1) is 0 Å². The molecule has 0 aromatic heterocycles. The van der Waals surface area contributed by atoms with Crippen LogP contribution in [0, 0.1) is 5.92 Å². The fourth-order valence-corrected chi connectivity index (χ4v) is 2.75. The third-order valence-electron chi connectivity index (χ3n) is 4.09. The Bertz CT molecular complexity index is 387. The average Bonchev–Trinajstić information content (AvgIpc) is 3.16. The predicted molar refractivity (Wildman–Crippen MR) is 69.9 cm³/mol. The molecule has 0 aromatic rings. The molecule has 2 aliphatic rings. The van der Waals surface area contributed by atoms with E-state index in [9.17, 15) is 9.59 Å². The fraction of sp³-hybridized carbons (Fsp3) is 0.714. The maximum absolute atomic E-state index is 12.6. The van der Waals surface area contributed by atoms with Gasteiger partial charge >= 0.3 is 0 Å². The van der Waals surface area contributed by atoms with Crippen LogP contribution in [0.15, 0.2) is 12.2 Å². The molecule has 1 aliphatic carbocycles. The molecule has 2 atom stereocenters. The van der Waals surface area contributed by atoms with Crippen LogP contribution in [0.3, 0.4) is 0 Å². The molecular weight excluding hydrogens is 228 g/mol. The number of nitrogens with zero attached hydrogens (tertiary/aromatic N) is 1. The fourth-order valence-electron chi connectivity index (χ4n) is 2.75. The highest BCUT2D eigenvalue weighted by Crippen LogP contribution is 2.42. The molecule has 1 aliphatic heterocycles. The van der Waals surface area contributed by atoms with Crippen molar-refractivity contribution in [1.82, 2.24) is 10.2 Å². The van der Waals surface area contributed by atoms with E-state index in [1.807, 2.05) is 32.9 Å². The quantitative estimate of drug-likeness (QED) is 0.768. The van der Waals surface area contributed by atoms with Crippen molar-refractivity contribution in [3.8, 4) is 0 Å². The first kappa shape index (κ1) is 13.1. The van der Waals surface area contributed by atoms with E-state index in [2.05, 4.69) is 5.32 Å². The van der Waals surface area contributed by atoms with E-state index >= 15 is 0 Å². The largest absolute Gasteiger partial charge is 0.340 e. The highest BCUT2D eigenvalue weighted by Gasteiger charge is 2.54. The summed E-state index contributed by atoms with van der Waals surface area (Å²) >= 11 is 0. The maximum atomic E-state index is 12.6. The summed E-state index contributed by atoms with van der Waals surface area (Å²) in [6.45, 7) is 6.28. The summed E-state index contributed by atoms with van der Waals surface area (Å²) in [5.74, 6) is 0.394. The summed E-state index contributed by atoms with van der Waals surface area (Å²) in [7, 11) is 0. The van der Waals surface area contributed by atoms with E-state index in [0.29, 0.717) is 18.9 Å². The van der Waals surface area contributed by atoms with Gasteiger partial charge in [-0.15, -0.1) is 0 Å². The van der Waals surface area contributed by atoms with Gasteiger partial charge in [0.1, 0.15) is 11.6 Å². The van der Waals surface area contributed by atoms with Gasteiger partial charge in [0, 0.05) is 6.54 Å². The molecule has 1 saturated carbocycles. The highest BCUT2D eigenvalue weighted by molar-refractivity contribution is 6.00. The highest BCUT2D eigenvalue weighted by atomic mass is 16.2. The zero-order valence-corrected chi connectivity index (χ0v) is 11.4. The van der Waals surface area contributed by atoms with E-state index < -0.39 is 5.54 Å². The smallest absolute Gasteiger partial charge is 0.249 e. The second-order valence-electron chi connectivity index (χ2n) is 5.42. The number of nitrogens with one attached hydrogen (secondary N) is 1. The lowest BCUT2D eigenvalue weighted by Gasteiger charge is -2.44. The van der Waals surface area contributed by atoms with Gasteiger partial charge in [0.15, 0.2) is 0 Å². The molecule has 1 heterocycles. The van der Waals surface area contributed by atoms with Crippen LogP contribution in [0.4, 0.5) is 0 Å². The van der Waals surface area contributed by atoms with Crippen molar-refractivity contribution in [2.45, 2.75) is 51.6 Å². The molecule has 1 saturated heterocycles. The zero-order chi connectivity index (χ0) is 13.3. The second-order valence-corrected chi connectivity index (χ2v) is 5.42. The van der Waals surface area contributed by atoms with Crippen LogP contribution in [0.2, 0.25) is 0 Å². The Kier molecular flexibility index (Phi) is 3.46. The lowest BCUT2D eigenvalue weighted by molar-refractivity contribution is -0.154. The van der Waals surface area contributed by atoms with Crippen molar-refractivity contribution in [3.05, 3.63) is 12.2 Å². The Morgan fingerprint density at radius 3 is 2.61 bits per heavy atom. The first-order chi connectivity index (χ1) is 8.54. The third-order valence-corrected chi connectivity index (χ3v) is 4.09. The number of hydrogen-bond acceptors (Lipinski definition) is 2. The number of piperazine rings is 1. The molecule has 0 spiro atoms. The van der Waals surface area contributed by atoms with E-state index in [0.717, 1.165) is 12.8 Å². The Hall–Kier alpha value is -1.32. The standard InChI is InChI=1S/C14H22N2O2/c1-4-6-9-16-11(5-2)12(17)15-14(3,13(16)18)10-7-8-10/h4,6,10-11H,5,7-9H2,1-3H3,(H,15,17)/b6-4+. The number of allylic oxidation sites excluding steroid dienone is 1. The molecule has 18 heavy (non-hydrogen) atoms. The van der Waals surface area contributed by atoms with Crippen molar-refractivity contribution >= 4 is 11.8 Å². The topological polar surface area (TPSA) is 49.4 Å². The summed E-state index contributed by atoms with van der Waals surface area (Å²) < 4.78 is 0. The summed E-state index contributed by atoms with van der Waals surface area (Å²) in [4.78, 5) is 26.5. The number of hydrogen-bond donors (Lipinski definition) is 1. The summed E-state index contributed by atoms with van der Waals surface area (Å²) in [6.07, 6.45) is 6.59. The molecule has 4 nitrogen and oxygen atoms in total. The molecule has 2 unspecified atom stereocenters. The van der Waals surface area contributed by atoms with E-state index in [1.54, 1.807) is 4.90 Å². The number of carbonyl (C=O) groups is 2. The van der Waals surface area contributed by atoms with Crippen molar-refractivity contribution in [1.29, 1.82) is 0 Å². The zero-order valence-electron chi connectivity index (χ0n) is 11.4. The van der Waals surface area contributed by atoms with Gasteiger partial charge in [-0.05, 0) is 39.0 Å². The normalized spacial score (nSPS) is 33.1. The van der Waals surface area contributed by atoms with Crippen molar-refractivity contribution < 1.29 is 9.59 Å². The van der Waals surface area contributed by atoms with Gasteiger partial charge in [0.25, 0.3) is 0 Å². The summed E-state index contributed by atoms with van der Waals surface area (Å²) in [6, 6.07) is -0.319. The average molecular weight is 250 g/mol. The molecule has 0 bridgehead atoms. The lowest BCUT2D eigenvalue weighted by atomic mass is 9.89. The molecule has 2 fully saturated rings. The second kappa shape index (κ2) is 4.75. The first-order valence-corrected chi connectivity index (χ1v) is 6.78. The number of carbonyl (C=O) groups excluding carboxylic acids is 2. The monoisotopic (exact) mass is 250 g/mol. The summed E-state index contributed by atoms with van der Waals surface area (Å²) in [5, 5.41) is 2.96. The molecular formula is C14H22N2O2.